The fourth-order valence-electron chi connectivity index (χ4n) is 2.25. The molecule has 0 aromatic carbocycles. The second-order valence-electron chi connectivity index (χ2n) is 5.68. The average Bonchev–Trinajstić information content (AvgIpc) is 2.57. The Morgan fingerprint density at radius 3 is 2.79 bits per heavy atom. The van der Waals surface area contributed by atoms with Gasteiger partial charge in [0, 0.05) is 37.1 Å². The van der Waals surface area contributed by atoms with E-state index in [9.17, 15) is 0 Å². The zero-order chi connectivity index (χ0) is 13.8. The molecule has 5 heteroatoms. The van der Waals surface area contributed by atoms with Crippen LogP contribution in [0.25, 0.3) is 0 Å². The van der Waals surface area contributed by atoms with Crippen LogP contribution in [0, 0.1) is 6.92 Å². The number of nitrogens with one attached hydrogen (secondary N) is 1. The number of rotatable bonds is 4. The van der Waals surface area contributed by atoms with Crippen LogP contribution in [0.15, 0.2) is 0 Å². The first kappa shape index (κ1) is 14.8. The monoisotopic (exact) mass is 282 g/mol. The Morgan fingerprint density at radius 1 is 1.26 bits per heavy atom. The minimum absolute atomic E-state index is 0.525. The van der Waals surface area contributed by atoms with Gasteiger partial charge in [-0.05, 0) is 26.9 Å². The molecule has 1 aromatic rings. The molecule has 0 radical (unpaired) electrons. The van der Waals surface area contributed by atoms with Gasteiger partial charge in [0.15, 0.2) is 5.13 Å². The lowest BCUT2D eigenvalue weighted by molar-refractivity contribution is 0.360. The molecule has 0 spiro atoms. The molecule has 1 saturated heterocycles. The molecule has 1 aliphatic rings. The molecule has 2 heterocycles. The van der Waals surface area contributed by atoms with Crippen LogP contribution in [0.4, 0.5) is 5.13 Å². The van der Waals surface area contributed by atoms with Crippen molar-refractivity contribution in [2.45, 2.75) is 39.8 Å². The van der Waals surface area contributed by atoms with E-state index >= 15 is 0 Å². The largest absolute Gasteiger partial charge is 0.347 e. The molecule has 0 bridgehead atoms. The van der Waals surface area contributed by atoms with Crippen LogP contribution in [-0.2, 0) is 6.54 Å². The van der Waals surface area contributed by atoms with Crippen LogP contribution >= 0.6 is 11.3 Å². The molecule has 0 atom stereocenters. The van der Waals surface area contributed by atoms with E-state index in [1.165, 1.54) is 28.7 Å². The highest BCUT2D eigenvalue weighted by Crippen LogP contribution is 2.26. The second-order valence-corrected chi connectivity index (χ2v) is 6.75. The van der Waals surface area contributed by atoms with Crippen LogP contribution in [0.5, 0.6) is 0 Å². The van der Waals surface area contributed by atoms with E-state index in [-0.39, 0.29) is 0 Å². The highest BCUT2D eigenvalue weighted by Gasteiger charge is 2.17. The number of hydrogen-bond acceptors (Lipinski definition) is 5. The Kier molecular flexibility index (Phi) is 5.19. The summed E-state index contributed by atoms with van der Waals surface area (Å²) in [5.41, 5.74) is 1.19. The van der Waals surface area contributed by atoms with Crippen LogP contribution in [0.1, 0.15) is 30.8 Å². The predicted molar refractivity (Wildman–Crippen MR) is 83.2 cm³/mol. The van der Waals surface area contributed by atoms with Gasteiger partial charge >= 0.3 is 0 Å². The summed E-state index contributed by atoms with van der Waals surface area (Å²) >= 11 is 1.85. The van der Waals surface area contributed by atoms with Gasteiger partial charge in [-0.15, -0.1) is 11.3 Å². The number of nitrogens with zero attached hydrogens (tertiary/aromatic N) is 3. The summed E-state index contributed by atoms with van der Waals surface area (Å²) in [5, 5.41) is 4.68. The fraction of sp³-hybridized carbons (Fsp3) is 0.786. The molecule has 108 valence electrons. The highest BCUT2D eigenvalue weighted by molar-refractivity contribution is 7.15. The van der Waals surface area contributed by atoms with Gasteiger partial charge in [0.25, 0.3) is 0 Å². The standard InChI is InChI=1S/C14H26N4S/c1-11(2)15-10-13-12(3)16-14(19-13)18-7-5-6-17(4)8-9-18/h11,15H,5-10H2,1-4H3. The second kappa shape index (κ2) is 6.68. The Morgan fingerprint density at radius 2 is 2.05 bits per heavy atom. The molecule has 0 aliphatic carbocycles. The predicted octanol–water partition coefficient (Wildman–Crippen LogP) is 2.09. The van der Waals surface area contributed by atoms with E-state index < -0.39 is 0 Å². The van der Waals surface area contributed by atoms with E-state index in [4.69, 9.17) is 4.98 Å². The molecular weight excluding hydrogens is 256 g/mol. The lowest BCUT2D eigenvalue weighted by Crippen LogP contribution is -2.28. The summed E-state index contributed by atoms with van der Waals surface area (Å²) < 4.78 is 0. The maximum atomic E-state index is 4.76. The van der Waals surface area contributed by atoms with Gasteiger partial charge in [-0.1, -0.05) is 13.8 Å². The third-order valence-corrected chi connectivity index (χ3v) is 4.76. The van der Waals surface area contributed by atoms with Crippen molar-refractivity contribution < 1.29 is 0 Å². The van der Waals surface area contributed by atoms with Gasteiger partial charge in [-0.2, -0.15) is 0 Å². The molecule has 0 amide bonds. The van der Waals surface area contributed by atoms with Crippen LogP contribution in [-0.4, -0.2) is 49.2 Å². The molecule has 0 saturated carbocycles. The number of aryl methyl sites for hydroxylation is 1. The lowest BCUT2D eigenvalue weighted by atomic mass is 10.3. The number of thiazole rings is 1. The quantitative estimate of drug-likeness (QED) is 0.916. The van der Waals surface area contributed by atoms with Crippen molar-refractivity contribution in [3.05, 3.63) is 10.6 Å². The summed E-state index contributed by atoms with van der Waals surface area (Å²) in [4.78, 5) is 11.0. The molecular formula is C14H26N4S. The SMILES string of the molecule is Cc1nc(N2CCCN(C)CC2)sc1CNC(C)C. The maximum Gasteiger partial charge on any atom is 0.185 e. The molecule has 1 N–H and O–H groups in total. The van der Waals surface area contributed by atoms with Crippen molar-refractivity contribution in [1.29, 1.82) is 0 Å². The lowest BCUT2D eigenvalue weighted by Gasteiger charge is -2.19. The Hall–Kier alpha value is -0.650. The van der Waals surface area contributed by atoms with Crippen LogP contribution < -0.4 is 10.2 Å². The van der Waals surface area contributed by atoms with Crippen LogP contribution in [0.2, 0.25) is 0 Å². The van der Waals surface area contributed by atoms with E-state index in [0.29, 0.717) is 6.04 Å². The van der Waals surface area contributed by atoms with Crippen molar-refractivity contribution in [3.63, 3.8) is 0 Å². The summed E-state index contributed by atoms with van der Waals surface area (Å²) in [5.74, 6) is 0. The third kappa shape index (κ3) is 4.16. The number of aromatic nitrogens is 1. The Balaban J connectivity index is 2.02. The van der Waals surface area contributed by atoms with E-state index in [2.05, 4.69) is 42.9 Å². The Labute approximate surface area is 120 Å². The average molecular weight is 282 g/mol. The Bertz CT molecular complexity index is 402. The first-order valence-electron chi connectivity index (χ1n) is 7.19. The molecule has 1 fully saturated rings. The molecule has 0 unspecified atom stereocenters. The van der Waals surface area contributed by atoms with Gasteiger partial charge in [0.1, 0.15) is 0 Å². The topological polar surface area (TPSA) is 31.4 Å². The molecule has 1 aliphatic heterocycles. The number of hydrogen-bond donors (Lipinski definition) is 1. The highest BCUT2D eigenvalue weighted by atomic mass is 32.1. The summed E-state index contributed by atoms with van der Waals surface area (Å²) in [6, 6.07) is 0.525. The molecule has 2 rings (SSSR count). The van der Waals surface area contributed by atoms with Crippen molar-refractivity contribution in [2.75, 3.05) is 38.1 Å². The van der Waals surface area contributed by atoms with Gasteiger partial charge in [-0.3, -0.25) is 0 Å². The molecule has 4 nitrogen and oxygen atoms in total. The van der Waals surface area contributed by atoms with E-state index in [0.717, 1.165) is 26.2 Å². The first-order chi connectivity index (χ1) is 9.06. The molecule has 1 aromatic heterocycles. The first-order valence-corrected chi connectivity index (χ1v) is 8.01. The summed E-state index contributed by atoms with van der Waals surface area (Å²) in [7, 11) is 2.20. The minimum atomic E-state index is 0.525. The number of anilines is 1. The summed E-state index contributed by atoms with van der Waals surface area (Å²) in [6.45, 7) is 12.0. The van der Waals surface area contributed by atoms with E-state index in [1.54, 1.807) is 0 Å². The van der Waals surface area contributed by atoms with Gasteiger partial charge in [-0.25, -0.2) is 4.98 Å². The van der Waals surface area contributed by atoms with Crippen LogP contribution in [0.3, 0.4) is 0 Å². The maximum absolute atomic E-state index is 4.76. The number of likely N-dealkylation sites (N-methyl/N-ethyl adjacent to an activating group) is 1. The zero-order valence-electron chi connectivity index (χ0n) is 12.6. The van der Waals surface area contributed by atoms with Crippen molar-refractivity contribution in [3.8, 4) is 0 Å². The van der Waals surface area contributed by atoms with Crippen molar-refractivity contribution >= 4 is 16.5 Å². The summed E-state index contributed by atoms with van der Waals surface area (Å²) in [6.07, 6.45) is 1.23. The smallest absolute Gasteiger partial charge is 0.185 e. The fourth-order valence-corrected chi connectivity index (χ4v) is 3.31. The van der Waals surface area contributed by atoms with Gasteiger partial charge in [0.05, 0.1) is 5.69 Å². The zero-order valence-corrected chi connectivity index (χ0v) is 13.4. The van der Waals surface area contributed by atoms with Gasteiger partial charge < -0.3 is 15.1 Å². The van der Waals surface area contributed by atoms with Crippen molar-refractivity contribution in [1.82, 2.24) is 15.2 Å². The third-order valence-electron chi connectivity index (χ3n) is 3.54. The van der Waals surface area contributed by atoms with Crippen molar-refractivity contribution in [2.24, 2.45) is 0 Å². The molecule has 19 heavy (non-hydrogen) atoms. The van der Waals surface area contributed by atoms with Gasteiger partial charge in [0.2, 0.25) is 0 Å². The normalized spacial score (nSPS) is 18.1. The minimum Gasteiger partial charge on any atom is -0.347 e. The van der Waals surface area contributed by atoms with E-state index in [1.807, 2.05) is 11.3 Å².